The van der Waals surface area contributed by atoms with Crippen LogP contribution in [0.1, 0.15) is 20.3 Å². The highest BCUT2D eigenvalue weighted by molar-refractivity contribution is 5.76. The number of piperazine rings is 1. The monoisotopic (exact) mass is 296 g/mol. The average Bonchev–Trinajstić information content (AvgIpc) is 2.49. The quantitative estimate of drug-likeness (QED) is 0.806. The van der Waals surface area contributed by atoms with Crippen LogP contribution in [0, 0.1) is 0 Å². The molecule has 2 rings (SSSR count). The number of rotatable bonds is 4. The van der Waals surface area contributed by atoms with Crippen molar-refractivity contribution in [3.63, 3.8) is 0 Å². The van der Waals surface area contributed by atoms with Crippen LogP contribution in [0.5, 0.6) is 0 Å². The number of hydrogen-bond acceptors (Lipinski definition) is 4. The maximum atomic E-state index is 13.3. The fraction of sp³-hybridized carbons (Fsp3) is 0.667. The molecule has 2 aliphatic rings. The zero-order valence-corrected chi connectivity index (χ0v) is 13.0. The van der Waals surface area contributed by atoms with Gasteiger partial charge in [-0.25, -0.2) is 4.39 Å². The number of halogens is 1. The molecule has 0 saturated carbocycles. The van der Waals surface area contributed by atoms with E-state index in [9.17, 15) is 9.18 Å². The van der Waals surface area contributed by atoms with Gasteiger partial charge in [-0.15, -0.1) is 0 Å². The maximum Gasteiger partial charge on any atom is 0.220 e. The first-order valence-corrected chi connectivity index (χ1v) is 7.53. The summed E-state index contributed by atoms with van der Waals surface area (Å²) in [6.45, 7) is 7.44. The van der Waals surface area contributed by atoms with Crippen LogP contribution >= 0.6 is 0 Å². The van der Waals surface area contributed by atoms with Crippen LogP contribution in [0.4, 0.5) is 4.39 Å². The Hall–Kier alpha value is -1.40. The Bertz CT molecular complexity index is 443. The highest BCUT2D eigenvalue weighted by Crippen LogP contribution is 2.25. The van der Waals surface area contributed by atoms with E-state index in [4.69, 9.17) is 0 Å². The van der Waals surface area contributed by atoms with E-state index in [-0.39, 0.29) is 17.8 Å². The number of allylic oxidation sites excluding steroid dienone is 2. The molecular formula is C15H25FN4O. The Labute approximate surface area is 125 Å². The van der Waals surface area contributed by atoms with Crippen molar-refractivity contribution in [2.45, 2.75) is 32.0 Å². The number of carbonyl (C=O) groups is 1. The van der Waals surface area contributed by atoms with Crippen LogP contribution in [0.25, 0.3) is 0 Å². The van der Waals surface area contributed by atoms with Crippen molar-refractivity contribution in [3.8, 4) is 0 Å². The minimum Gasteiger partial charge on any atom is -0.366 e. The summed E-state index contributed by atoms with van der Waals surface area (Å²) < 4.78 is 13.3. The molecule has 0 bridgehead atoms. The highest BCUT2D eigenvalue weighted by Gasteiger charge is 2.42. The molecule has 0 aromatic carbocycles. The van der Waals surface area contributed by atoms with E-state index in [1.807, 2.05) is 19.9 Å². The molecule has 2 heterocycles. The third kappa shape index (κ3) is 3.44. The molecule has 2 N–H and O–H groups in total. The van der Waals surface area contributed by atoms with Crippen LogP contribution in [0.2, 0.25) is 0 Å². The van der Waals surface area contributed by atoms with Crippen LogP contribution in [-0.2, 0) is 4.79 Å². The van der Waals surface area contributed by atoms with E-state index < -0.39 is 5.66 Å². The second-order valence-corrected chi connectivity index (χ2v) is 5.77. The number of carbonyl (C=O) groups excluding carboxylic acids is 1. The fourth-order valence-corrected chi connectivity index (χ4v) is 2.86. The molecule has 2 atom stereocenters. The Morgan fingerprint density at radius 2 is 2.14 bits per heavy atom. The molecule has 1 fully saturated rings. The Morgan fingerprint density at radius 3 is 2.67 bits per heavy atom. The molecule has 1 saturated heterocycles. The van der Waals surface area contributed by atoms with E-state index in [0.29, 0.717) is 6.42 Å². The molecule has 5 nitrogen and oxygen atoms in total. The topological polar surface area (TPSA) is 47.6 Å². The summed E-state index contributed by atoms with van der Waals surface area (Å²) >= 11 is 0. The van der Waals surface area contributed by atoms with Gasteiger partial charge in [0.1, 0.15) is 11.5 Å². The minimum atomic E-state index is -0.568. The lowest BCUT2D eigenvalue weighted by Gasteiger charge is -2.49. The largest absolute Gasteiger partial charge is 0.366 e. The normalized spacial score (nSPS) is 28.7. The van der Waals surface area contributed by atoms with Crippen LogP contribution in [-0.4, -0.2) is 60.6 Å². The van der Waals surface area contributed by atoms with E-state index in [1.54, 1.807) is 0 Å². The van der Waals surface area contributed by atoms with Gasteiger partial charge in [0.25, 0.3) is 0 Å². The van der Waals surface area contributed by atoms with Gasteiger partial charge in [-0.3, -0.25) is 9.69 Å². The predicted octanol–water partition coefficient (Wildman–Crippen LogP) is 0.815. The van der Waals surface area contributed by atoms with E-state index in [0.717, 1.165) is 26.2 Å². The van der Waals surface area contributed by atoms with Crippen molar-refractivity contribution in [2.24, 2.45) is 0 Å². The molecule has 0 aromatic rings. The van der Waals surface area contributed by atoms with Crippen LogP contribution in [0.3, 0.4) is 0 Å². The molecular weight excluding hydrogens is 271 g/mol. The summed E-state index contributed by atoms with van der Waals surface area (Å²) in [5.74, 6) is -0.296. The summed E-state index contributed by atoms with van der Waals surface area (Å²) in [7, 11) is 2.09. The highest BCUT2D eigenvalue weighted by atomic mass is 19.1. The van der Waals surface area contributed by atoms with Crippen molar-refractivity contribution in [1.82, 2.24) is 20.4 Å². The van der Waals surface area contributed by atoms with Crippen molar-refractivity contribution < 1.29 is 9.18 Å². The van der Waals surface area contributed by atoms with Crippen LogP contribution in [0.15, 0.2) is 24.2 Å². The first-order chi connectivity index (χ1) is 9.98. The van der Waals surface area contributed by atoms with E-state index in [2.05, 4.69) is 27.5 Å². The molecule has 21 heavy (non-hydrogen) atoms. The van der Waals surface area contributed by atoms with Crippen molar-refractivity contribution in [2.75, 3.05) is 33.2 Å². The Morgan fingerprint density at radius 1 is 1.48 bits per heavy atom. The number of nitrogens with zero attached hydrogens (tertiary/aromatic N) is 2. The number of nitrogens with one attached hydrogen (secondary N) is 2. The lowest BCUT2D eigenvalue weighted by atomic mass is 9.95. The van der Waals surface area contributed by atoms with Crippen LogP contribution < -0.4 is 10.6 Å². The number of hydrogen-bond donors (Lipinski definition) is 2. The second-order valence-electron chi connectivity index (χ2n) is 5.77. The molecule has 0 aromatic heterocycles. The van der Waals surface area contributed by atoms with Gasteiger partial charge in [0, 0.05) is 38.8 Å². The van der Waals surface area contributed by atoms with Gasteiger partial charge in [-0.2, -0.15) is 0 Å². The van der Waals surface area contributed by atoms with Gasteiger partial charge >= 0.3 is 0 Å². The zero-order valence-electron chi connectivity index (χ0n) is 13.0. The lowest BCUT2D eigenvalue weighted by Crippen LogP contribution is -2.69. The molecule has 1 amide bonds. The minimum absolute atomic E-state index is 0.00114. The zero-order chi connectivity index (χ0) is 15.5. The van der Waals surface area contributed by atoms with Crippen molar-refractivity contribution in [3.05, 3.63) is 24.2 Å². The van der Waals surface area contributed by atoms with E-state index in [1.165, 1.54) is 12.3 Å². The molecule has 0 spiro atoms. The maximum absolute atomic E-state index is 13.3. The lowest BCUT2D eigenvalue weighted by molar-refractivity contribution is -0.122. The fourth-order valence-electron chi connectivity index (χ4n) is 2.86. The number of amides is 1. The second kappa shape index (κ2) is 6.58. The third-order valence-electron chi connectivity index (χ3n) is 4.32. The average molecular weight is 296 g/mol. The predicted molar refractivity (Wildman–Crippen MR) is 81.2 cm³/mol. The van der Waals surface area contributed by atoms with Crippen molar-refractivity contribution >= 4 is 5.91 Å². The van der Waals surface area contributed by atoms with Gasteiger partial charge in [0.2, 0.25) is 5.91 Å². The Balaban J connectivity index is 2.19. The third-order valence-corrected chi connectivity index (χ3v) is 4.32. The summed E-state index contributed by atoms with van der Waals surface area (Å²) in [5.41, 5.74) is -0.568. The molecule has 118 valence electrons. The smallest absolute Gasteiger partial charge is 0.220 e. The molecule has 6 heteroatoms. The summed E-state index contributed by atoms with van der Waals surface area (Å²) in [4.78, 5) is 16.3. The summed E-state index contributed by atoms with van der Waals surface area (Å²) in [6, 6.07) is -0.158. The number of likely N-dealkylation sites (N-methyl/N-ethyl adjacent to an activating group) is 1. The van der Waals surface area contributed by atoms with Gasteiger partial charge in [0.05, 0.1) is 6.04 Å². The van der Waals surface area contributed by atoms with E-state index >= 15 is 0 Å². The molecule has 2 aliphatic heterocycles. The SMILES string of the molecule is CCC(=O)N[C@H](C)C1(N2CCN(C)CC2)C=CC(F)=CN1. The summed E-state index contributed by atoms with van der Waals surface area (Å²) in [5, 5.41) is 6.17. The number of dihydropyridines is 1. The Kier molecular flexibility index (Phi) is 5.00. The molecule has 1 unspecified atom stereocenters. The van der Waals surface area contributed by atoms with Gasteiger partial charge < -0.3 is 15.5 Å². The molecule has 0 aliphatic carbocycles. The first-order valence-electron chi connectivity index (χ1n) is 7.53. The standard InChI is InChI=1S/C15H25FN4O/c1-4-14(21)18-12(2)15(6-5-13(16)11-17-15)20-9-7-19(3)8-10-20/h5-6,11-12,17H,4,7-10H2,1-3H3,(H,18,21)/t12-,15?/m1/s1. The van der Waals surface area contributed by atoms with Gasteiger partial charge in [0.15, 0.2) is 0 Å². The van der Waals surface area contributed by atoms with Gasteiger partial charge in [-0.1, -0.05) is 6.92 Å². The summed E-state index contributed by atoms with van der Waals surface area (Å²) in [6.07, 6.45) is 5.13. The van der Waals surface area contributed by atoms with Crippen molar-refractivity contribution in [1.29, 1.82) is 0 Å². The van der Waals surface area contributed by atoms with Gasteiger partial charge in [-0.05, 0) is 26.1 Å². The molecule has 0 radical (unpaired) electrons. The first kappa shape index (κ1) is 16.0.